The minimum absolute atomic E-state index is 0.0689. The molecule has 0 amide bonds. The van der Waals surface area contributed by atoms with E-state index in [2.05, 4.69) is 4.74 Å². The fourth-order valence-electron chi connectivity index (χ4n) is 2.41. The van der Waals surface area contributed by atoms with Gasteiger partial charge in [0.1, 0.15) is 4.90 Å². The molecule has 2 atom stereocenters. The summed E-state index contributed by atoms with van der Waals surface area (Å²) in [5.74, 6) is -0.614. The summed E-state index contributed by atoms with van der Waals surface area (Å²) in [6, 6.07) is 4.06. The van der Waals surface area contributed by atoms with E-state index in [0.717, 1.165) is 0 Å². The Morgan fingerprint density at radius 3 is 2.45 bits per heavy atom. The van der Waals surface area contributed by atoms with Gasteiger partial charge in [-0.05, 0) is 32.0 Å². The molecule has 0 radical (unpaired) electrons. The molecule has 1 fully saturated rings. The van der Waals surface area contributed by atoms with Crippen molar-refractivity contribution < 1.29 is 22.7 Å². The summed E-state index contributed by atoms with van der Waals surface area (Å²) in [5, 5.41) is 0.0689. The lowest BCUT2D eigenvalue weighted by atomic mass is 10.2. The summed E-state index contributed by atoms with van der Waals surface area (Å²) in [4.78, 5) is 11.5. The molecule has 1 aliphatic heterocycles. The highest BCUT2D eigenvalue weighted by molar-refractivity contribution is 7.89. The number of hydrogen-bond donors (Lipinski definition) is 0. The summed E-state index contributed by atoms with van der Waals surface area (Å²) in [6.07, 6.45) is -0.415. The van der Waals surface area contributed by atoms with Crippen LogP contribution < -0.4 is 0 Å². The van der Waals surface area contributed by atoms with Crippen LogP contribution in [0.5, 0.6) is 0 Å². The molecule has 6 nitrogen and oxygen atoms in total. The molecular formula is C14H18ClNO5S. The third kappa shape index (κ3) is 3.43. The summed E-state index contributed by atoms with van der Waals surface area (Å²) in [5.41, 5.74) is 0.139. The number of hydrogen-bond acceptors (Lipinski definition) is 5. The van der Waals surface area contributed by atoms with Crippen molar-refractivity contribution in [1.82, 2.24) is 4.31 Å². The number of esters is 1. The van der Waals surface area contributed by atoms with Crippen molar-refractivity contribution in [3.8, 4) is 0 Å². The van der Waals surface area contributed by atoms with E-state index >= 15 is 0 Å². The maximum absolute atomic E-state index is 12.8. The highest BCUT2D eigenvalue weighted by atomic mass is 35.5. The van der Waals surface area contributed by atoms with E-state index < -0.39 is 16.0 Å². The van der Waals surface area contributed by atoms with Crippen molar-refractivity contribution in [2.75, 3.05) is 20.2 Å². The van der Waals surface area contributed by atoms with Gasteiger partial charge < -0.3 is 9.47 Å². The van der Waals surface area contributed by atoms with Gasteiger partial charge in [0.15, 0.2) is 0 Å². The average Bonchev–Trinajstić information content (AvgIpc) is 2.45. The number of benzene rings is 1. The normalized spacial score (nSPS) is 23.3. The van der Waals surface area contributed by atoms with Crippen molar-refractivity contribution in [2.24, 2.45) is 0 Å². The van der Waals surface area contributed by atoms with Crippen LogP contribution in [0, 0.1) is 0 Å². The van der Waals surface area contributed by atoms with Gasteiger partial charge >= 0.3 is 5.97 Å². The predicted molar refractivity (Wildman–Crippen MR) is 81.6 cm³/mol. The Hall–Kier alpha value is -1.15. The molecular weight excluding hydrogens is 330 g/mol. The van der Waals surface area contributed by atoms with Crippen LogP contribution >= 0.6 is 11.6 Å². The molecule has 1 heterocycles. The van der Waals surface area contributed by atoms with Gasteiger partial charge in [-0.1, -0.05) is 11.6 Å². The highest BCUT2D eigenvalue weighted by Gasteiger charge is 2.33. The molecule has 8 heteroatoms. The van der Waals surface area contributed by atoms with E-state index in [1.165, 1.54) is 29.6 Å². The Labute approximate surface area is 135 Å². The molecule has 1 aromatic carbocycles. The topological polar surface area (TPSA) is 72.9 Å². The van der Waals surface area contributed by atoms with Gasteiger partial charge in [-0.25, -0.2) is 13.2 Å². The minimum atomic E-state index is -3.81. The van der Waals surface area contributed by atoms with Gasteiger partial charge in [-0.2, -0.15) is 4.31 Å². The van der Waals surface area contributed by atoms with Crippen LogP contribution in [0.3, 0.4) is 0 Å². The van der Waals surface area contributed by atoms with Gasteiger partial charge in [-0.15, -0.1) is 0 Å². The van der Waals surface area contributed by atoms with E-state index in [1.807, 2.05) is 13.8 Å². The molecule has 2 unspecified atom stereocenters. The fourth-order valence-corrected chi connectivity index (χ4v) is 4.50. The second-order valence-electron chi connectivity index (χ2n) is 5.22. The first-order chi connectivity index (χ1) is 10.3. The average molecular weight is 348 g/mol. The van der Waals surface area contributed by atoms with E-state index in [4.69, 9.17) is 16.3 Å². The van der Waals surface area contributed by atoms with Crippen LogP contribution in [-0.2, 0) is 19.5 Å². The fraction of sp³-hybridized carbons (Fsp3) is 0.500. The summed E-state index contributed by atoms with van der Waals surface area (Å²) >= 11 is 6.03. The van der Waals surface area contributed by atoms with Crippen LogP contribution in [0.4, 0.5) is 0 Å². The van der Waals surface area contributed by atoms with Crippen molar-refractivity contribution in [1.29, 1.82) is 0 Å². The third-order valence-electron chi connectivity index (χ3n) is 3.36. The molecule has 122 valence electrons. The number of rotatable bonds is 3. The Balaban J connectivity index is 2.42. The molecule has 0 aromatic heterocycles. The molecule has 0 aliphatic carbocycles. The molecule has 0 spiro atoms. The summed E-state index contributed by atoms with van der Waals surface area (Å²) in [7, 11) is -2.58. The van der Waals surface area contributed by atoms with Crippen LogP contribution in [0.1, 0.15) is 24.2 Å². The monoisotopic (exact) mass is 347 g/mol. The van der Waals surface area contributed by atoms with Gasteiger partial charge in [-0.3, -0.25) is 0 Å². The van der Waals surface area contributed by atoms with Gasteiger partial charge in [0.05, 0.1) is 29.9 Å². The minimum Gasteiger partial charge on any atom is -0.465 e. The number of methoxy groups -OCH3 is 1. The number of halogens is 1. The smallest absolute Gasteiger partial charge is 0.337 e. The largest absolute Gasteiger partial charge is 0.465 e. The summed E-state index contributed by atoms with van der Waals surface area (Å²) in [6.45, 7) is 4.10. The Bertz CT molecular complexity index is 666. The first-order valence-corrected chi connectivity index (χ1v) is 8.61. The molecule has 22 heavy (non-hydrogen) atoms. The van der Waals surface area contributed by atoms with Gasteiger partial charge in [0.2, 0.25) is 10.0 Å². The molecule has 0 saturated carbocycles. The van der Waals surface area contributed by atoms with E-state index in [1.54, 1.807) is 0 Å². The van der Waals surface area contributed by atoms with Crippen LogP contribution in [0.25, 0.3) is 0 Å². The van der Waals surface area contributed by atoms with Crippen molar-refractivity contribution in [3.05, 3.63) is 28.8 Å². The lowest BCUT2D eigenvalue weighted by molar-refractivity contribution is -0.0440. The van der Waals surface area contributed by atoms with Crippen LogP contribution in [-0.4, -0.2) is 51.1 Å². The van der Waals surface area contributed by atoms with Gasteiger partial charge in [0.25, 0.3) is 0 Å². The van der Waals surface area contributed by atoms with E-state index in [-0.39, 0.29) is 40.8 Å². The Kier molecular flexibility index (Phi) is 5.11. The third-order valence-corrected chi connectivity index (χ3v) is 5.67. The number of carbonyl (C=O) groups excluding carboxylic acids is 1. The zero-order valence-corrected chi connectivity index (χ0v) is 14.1. The molecule has 0 bridgehead atoms. The Morgan fingerprint density at radius 2 is 1.91 bits per heavy atom. The maximum Gasteiger partial charge on any atom is 0.337 e. The van der Waals surface area contributed by atoms with E-state index in [0.29, 0.717) is 0 Å². The number of morpholine rings is 1. The van der Waals surface area contributed by atoms with Crippen molar-refractivity contribution in [3.63, 3.8) is 0 Å². The van der Waals surface area contributed by atoms with Crippen LogP contribution in [0.15, 0.2) is 23.1 Å². The molecule has 1 saturated heterocycles. The molecule has 1 aliphatic rings. The van der Waals surface area contributed by atoms with E-state index in [9.17, 15) is 13.2 Å². The number of sulfonamides is 1. The lowest BCUT2D eigenvalue weighted by Crippen LogP contribution is -2.48. The zero-order chi connectivity index (χ0) is 16.5. The SMILES string of the molecule is COC(=O)c1ccc(Cl)c(S(=O)(=O)N2CC(C)OC(C)C2)c1. The Morgan fingerprint density at radius 1 is 1.32 bits per heavy atom. The van der Waals surface area contributed by atoms with Crippen molar-refractivity contribution >= 4 is 27.6 Å². The second kappa shape index (κ2) is 6.54. The maximum atomic E-state index is 12.8. The lowest BCUT2D eigenvalue weighted by Gasteiger charge is -2.34. The molecule has 1 aromatic rings. The first-order valence-electron chi connectivity index (χ1n) is 6.79. The first kappa shape index (κ1) is 17.2. The number of ether oxygens (including phenoxy) is 2. The van der Waals surface area contributed by atoms with Crippen molar-refractivity contribution in [2.45, 2.75) is 31.0 Å². The summed E-state index contributed by atoms with van der Waals surface area (Å²) < 4.78 is 37.1. The van der Waals surface area contributed by atoms with Gasteiger partial charge in [0, 0.05) is 13.1 Å². The molecule has 0 N–H and O–H groups in total. The van der Waals surface area contributed by atoms with Crippen LogP contribution in [0.2, 0.25) is 5.02 Å². The standard InChI is InChI=1S/C14H18ClNO5S/c1-9-7-16(8-10(2)21-9)22(18,19)13-6-11(14(17)20-3)4-5-12(13)15/h4-6,9-10H,7-8H2,1-3H3. The predicted octanol–water partition coefficient (Wildman–Crippen LogP) is 1.92. The number of carbonyl (C=O) groups is 1. The number of nitrogens with zero attached hydrogens (tertiary/aromatic N) is 1. The highest BCUT2D eigenvalue weighted by Crippen LogP contribution is 2.28. The molecule has 2 rings (SSSR count). The zero-order valence-electron chi connectivity index (χ0n) is 12.6. The second-order valence-corrected chi connectivity index (χ2v) is 7.53. The quantitative estimate of drug-likeness (QED) is 0.781.